The number of nitrogens with two attached hydrogens (primary N) is 1. The third-order valence-corrected chi connectivity index (χ3v) is 2.80. The number of ketones is 1. The molecule has 0 amide bonds. The van der Waals surface area contributed by atoms with Gasteiger partial charge in [0, 0.05) is 18.4 Å². The summed E-state index contributed by atoms with van der Waals surface area (Å²) in [6.07, 6.45) is 0.489. The Labute approximate surface area is 91.5 Å². The Bertz CT molecular complexity index is 327. The summed E-state index contributed by atoms with van der Waals surface area (Å²) in [7, 11) is 0. The maximum absolute atomic E-state index is 11.8. The Hall–Kier alpha value is -1.15. The number of carbonyl (C=O) groups is 1. The number of hydrogen-bond donors (Lipinski definition) is 1. The molecule has 0 aromatic heterocycles. The fraction of sp³-hybridized carbons (Fsp3) is 0.462. The lowest BCUT2D eigenvalue weighted by atomic mass is 9.94. The van der Waals surface area contributed by atoms with E-state index in [0.717, 1.165) is 5.56 Å². The second kappa shape index (κ2) is 5.08. The Kier molecular flexibility index (Phi) is 4.04. The van der Waals surface area contributed by atoms with Crippen molar-refractivity contribution in [1.29, 1.82) is 0 Å². The van der Waals surface area contributed by atoms with Crippen LogP contribution in [0.15, 0.2) is 24.3 Å². The lowest BCUT2D eigenvalue weighted by Crippen LogP contribution is -2.31. The zero-order chi connectivity index (χ0) is 11.4. The summed E-state index contributed by atoms with van der Waals surface area (Å²) in [5.74, 6) is 0.153. The van der Waals surface area contributed by atoms with Crippen LogP contribution >= 0.6 is 0 Å². The molecule has 0 fully saturated rings. The minimum atomic E-state index is -0.0667. The second-order valence-corrected chi connectivity index (χ2v) is 4.28. The van der Waals surface area contributed by atoms with Gasteiger partial charge in [-0.1, -0.05) is 36.8 Å². The van der Waals surface area contributed by atoms with Gasteiger partial charge >= 0.3 is 0 Å². The molecular formula is C13H19NO. The van der Waals surface area contributed by atoms with Crippen molar-refractivity contribution >= 4 is 5.78 Å². The molecule has 0 aliphatic heterocycles. The number of benzene rings is 1. The van der Waals surface area contributed by atoms with Gasteiger partial charge in [-0.05, 0) is 19.4 Å². The molecule has 1 aromatic carbocycles. The molecule has 0 spiro atoms. The zero-order valence-corrected chi connectivity index (χ0v) is 9.66. The molecule has 0 aliphatic carbocycles. The van der Waals surface area contributed by atoms with E-state index in [1.54, 1.807) is 0 Å². The highest BCUT2D eigenvalue weighted by Gasteiger charge is 2.16. The molecule has 0 bridgehead atoms. The van der Waals surface area contributed by atoms with Gasteiger partial charge in [-0.3, -0.25) is 4.79 Å². The first-order valence-electron chi connectivity index (χ1n) is 5.34. The summed E-state index contributed by atoms with van der Waals surface area (Å²) in [4.78, 5) is 11.8. The van der Waals surface area contributed by atoms with Crippen LogP contribution < -0.4 is 5.73 Å². The van der Waals surface area contributed by atoms with E-state index in [-0.39, 0.29) is 17.7 Å². The maximum atomic E-state index is 11.8. The van der Waals surface area contributed by atoms with E-state index < -0.39 is 0 Å². The van der Waals surface area contributed by atoms with Gasteiger partial charge in [-0.2, -0.15) is 0 Å². The quantitative estimate of drug-likeness (QED) is 0.818. The molecule has 0 saturated heterocycles. The maximum Gasteiger partial charge on any atom is 0.141 e. The molecule has 15 heavy (non-hydrogen) atoms. The third-order valence-electron chi connectivity index (χ3n) is 2.80. The van der Waals surface area contributed by atoms with Crippen LogP contribution in [0.1, 0.15) is 25.0 Å². The topological polar surface area (TPSA) is 43.1 Å². The van der Waals surface area contributed by atoms with Gasteiger partial charge in [0.2, 0.25) is 0 Å². The lowest BCUT2D eigenvalue weighted by molar-refractivity contribution is -0.122. The smallest absolute Gasteiger partial charge is 0.141 e. The van der Waals surface area contributed by atoms with Crippen molar-refractivity contribution in [3.8, 4) is 0 Å². The van der Waals surface area contributed by atoms with E-state index >= 15 is 0 Å². The van der Waals surface area contributed by atoms with E-state index in [0.29, 0.717) is 6.42 Å². The average Bonchev–Trinajstić information content (AvgIpc) is 2.20. The molecule has 2 unspecified atom stereocenters. The Morgan fingerprint density at radius 3 is 2.27 bits per heavy atom. The van der Waals surface area contributed by atoms with E-state index in [9.17, 15) is 4.79 Å². The SMILES string of the molecule is Cc1ccc(CC(=O)C(C)C(C)N)cc1. The van der Waals surface area contributed by atoms with Gasteiger partial charge in [0.05, 0.1) is 0 Å². The summed E-state index contributed by atoms with van der Waals surface area (Å²) in [5, 5.41) is 0. The van der Waals surface area contributed by atoms with E-state index in [1.807, 2.05) is 45.0 Å². The fourth-order valence-corrected chi connectivity index (χ4v) is 1.36. The van der Waals surface area contributed by atoms with Crippen LogP contribution in [-0.2, 0) is 11.2 Å². The van der Waals surface area contributed by atoms with E-state index in [1.165, 1.54) is 5.56 Å². The molecule has 2 nitrogen and oxygen atoms in total. The first-order chi connectivity index (χ1) is 7.00. The Morgan fingerprint density at radius 1 is 1.27 bits per heavy atom. The van der Waals surface area contributed by atoms with Gasteiger partial charge in [0.25, 0.3) is 0 Å². The van der Waals surface area contributed by atoms with E-state index in [4.69, 9.17) is 5.73 Å². The standard InChI is InChI=1S/C13H19NO/c1-9-4-6-12(7-5-9)8-13(15)10(2)11(3)14/h4-7,10-11H,8,14H2,1-3H3. The summed E-state index contributed by atoms with van der Waals surface area (Å²) < 4.78 is 0. The van der Waals surface area contributed by atoms with Gasteiger partial charge in [-0.15, -0.1) is 0 Å². The third kappa shape index (κ3) is 3.48. The second-order valence-electron chi connectivity index (χ2n) is 4.28. The van der Waals surface area contributed by atoms with Crippen molar-refractivity contribution in [3.05, 3.63) is 35.4 Å². The highest BCUT2D eigenvalue weighted by atomic mass is 16.1. The summed E-state index contributed by atoms with van der Waals surface area (Å²) in [6.45, 7) is 5.80. The van der Waals surface area contributed by atoms with Gasteiger partial charge in [0.1, 0.15) is 5.78 Å². The number of rotatable bonds is 4. The van der Waals surface area contributed by atoms with Crippen molar-refractivity contribution < 1.29 is 4.79 Å². The van der Waals surface area contributed by atoms with Crippen molar-refractivity contribution in [2.45, 2.75) is 33.2 Å². The van der Waals surface area contributed by atoms with Crippen molar-refractivity contribution in [2.75, 3.05) is 0 Å². The average molecular weight is 205 g/mol. The molecule has 0 saturated carbocycles. The summed E-state index contributed by atoms with van der Waals surface area (Å²) in [5.41, 5.74) is 7.98. The highest BCUT2D eigenvalue weighted by Crippen LogP contribution is 2.09. The van der Waals surface area contributed by atoms with Crippen molar-refractivity contribution in [3.63, 3.8) is 0 Å². The number of carbonyl (C=O) groups excluding carboxylic acids is 1. The van der Waals surface area contributed by atoms with Crippen LogP contribution in [0.2, 0.25) is 0 Å². The molecule has 0 aliphatic rings. The molecule has 0 heterocycles. The lowest BCUT2D eigenvalue weighted by Gasteiger charge is -2.13. The molecule has 2 heteroatoms. The van der Waals surface area contributed by atoms with Crippen LogP contribution in [0, 0.1) is 12.8 Å². The molecule has 1 aromatic rings. The van der Waals surface area contributed by atoms with Crippen LogP contribution in [0.5, 0.6) is 0 Å². The van der Waals surface area contributed by atoms with Gasteiger partial charge < -0.3 is 5.73 Å². The minimum absolute atomic E-state index is 0.0636. The molecule has 0 radical (unpaired) electrons. The first kappa shape index (κ1) is 11.9. The molecule has 1 rings (SSSR count). The Balaban J connectivity index is 2.62. The van der Waals surface area contributed by atoms with Crippen molar-refractivity contribution in [2.24, 2.45) is 11.7 Å². The van der Waals surface area contributed by atoms with Gasteiger partial charge in [0.15, 0.2) is 0 Å². The molecule has 2 atom stereocenters. The fourth-order valence-electron chi connectivity index (χ4n) is 1.36. The summed E-state index contributed by atoms with van der Waals surface area (Å²) in [6, 6.07) is 7.99. The zero-order valence-electron chi connectivity index (χ0n) is 9.66. The Morgan fingerprint density at radius 2 is 1.80 bits per heavy atom. The monoisotopic (exact) mass is 205 g/mol. The first-order valence-corrected chi connectivity index (χ1v) is 5.34. The molecule has 2 N–H and O–H groups in total. The van der Waals surface area contributed by atoms with Crippen LogP contribution in [-0.4, -0.2) is 11.8 Å². The summed E-state index contributed by atoms with van der Waals surface area (Å²) >= 11 is 0. The number of hydrogen-bond acceptors (Lipinski definition) is 2. The van der Waals surface area contributed by atoms with Crippen LogP contribution in [0.25, 0.3) is 0 Å². The van der Waals surface area contributed by atoms with E-state index in [2.05, 4.69) is 0 Å². The number of aryl methyl sites for hydroxylation is 1. The predicted octanol–water partition coefficient (Wildman–Crippen LogP) is 2.09. The largest absolute Gasteiger partial charge is 0.327 e. The van der Waals surface area contributed by atoms with Gasteiger partial charge in [-0.25, -0.2) is 0 Å². The molecular weight excluding hydrogens is 186 g/mol. The minimum Gasteiger partial charge on any atom is -0.327 e. The highest BCUT2D eigenvalue weighted by molar-refractivity contribution is 5.83. The van der Waals surface area contributed by atoms with Crippen molar-refractivity contribution in [1.82, 2.24) is 0 Å². The predicted molar refractivity (Wildman–Crippen MR) is 62.7 cm³/mol. The van der Waals surface area contributed by atoms with Crippen LogP contribution in [0.3, 0.4) is 0 Å². The molecule has 82 valence electrons. The van der Waals surface area contributed by atoms with Crippen LogP contribution in [0.4, 0.5) is 0 Å². The normalized spacial score (nSPS) is 14.7. The number of Topliss-reactive ketones (excluding diaryl/α,β-unsaturated/α-hetero) is 1.